The molecule has 0 radical (unpaired) electrons. The minimum Gasteiger partial charge on any atom is -0.502 e. The van der Waals surface area contributed by atoms with Crippen LogP contribution in [0.2, 0.25) is 0 Å². The first-order valence-corrected chi connectivity index (χ1v) is 12.6. The van der Waals surface area contributed by atoms with Crippen molar-refractivity contribution in [3.63, 3.8) is 0 Å². The molecule has 0 aliphatic carbocycles. The summed E-state index contributed by atoms with van der Waals surface area (Å²) >= 11 is 3.37. The molecular formula is C18H17N7O7S3. The Bertz CT molecular complexity index is 1350. The first-order chi connectivity index (χ1) is 16.6. The summed E-state index contributed by atoms with van der Waals surface area (Å²) in [7, 11) is 1.57. The zero-order chi connectivity index (χ0) is 25.4. The van der Waals surface area contributed by atoms with Crippen LogP contribution in [0, 0.1) is 0 Å². The molecule has 0 bridgehead atoms. The Morgan fingerprint density at radius 2 is 2.11 bits per heavy atom. The first kappa shape index (κ1) is 24.6. The summed E-state index contributed by atoms with van der Waals surface area (Å²) in [6, 6.07) is -1.04. The summed E-state index contributed by atoms with van der Waals surface area (Å²) in [6.45, 7) is 0. The minimum absolute atomic E-state index is 0.0371. The SMILES string of the molecule is Cn1cc(O)c(=O)nc1SCC1=C(C(=O)O)N2C(=O)[C@@H](NC(=O)/C(=N\O)c3csc(N)n3)[C@H]2SC1. The molecule has 0 aromatic carbocycles. The second-order valence-electron chi connectivity index (χ2n) is 7.25. The molecular weight excluding hydrogens is 522 g/mol. The van der Waals surface area contributed by atoms with Crippen molar-refractivity contribution in [1.29, 1.82) is 0 Å². The van der Waals surface area contributed by atoms with E-state index in [1.54, 1.807) is 7.05 Å². The summed E-state index contributed by atoms with van der Waals surface area (Å²) in [5.74, 6) is -2.96. The van der Waals surface area contributed by atoms with E-state index in [1.165, 1.54) is 27.9 Å². The number of rotatable bonds is 7. The molecule has 2 aromatic rings. The molecule has 17 heteroatoms. The number of carbonyl (C=O) groups is 3. The highest BCUT2D eigenvalue weighted by atomic mass is 32.2. The summed E-state index contributed by atoms with van der Waals surface area (Å²) in [4.78, 5) is 57.8. The molecule has 184 valence electrons. The van der Waals surface area contributed by atoms with Gasteiger partial charge in [-0.05, 0) is 5.57 Å². The molecule has 2 atom stereocenters. The molecule has 2 aromatic heterocycles. The van der Waals surface area contributed by atoms with Crippen molar-refractivity contribution in [3.05, 3.63) is 38.9 Å². The van der Waals surface area contributed by atoms with Crippen molar-refractivity contribution in [2.24, 2.45) is 12.2 Å². The first-order valence-electron chi connectivity index (χ1n) is 9.66. The van der Waals surface area contributed by atoms with Gasteiger partial charge in [0.25, 0.3) is 11.8 Å². The van der Waals surface area contributed by atoms with Gasteiger partial charge in [-0.3, -0.25) is 19.3 Å². The Morgan fingerprint density at radius 1 is 1.37 bits per heavy atom. The number of anilines is 1. The van der Waals surface area contributed by atoms with E-state index in [2.05, 4.69) is 20.4 Å². The number of aryl methyl sites for hydroxylation is 1. The number of β-lactam (4-membered cyclic amide) rings is 1. The van der Waals surface area contributed by atoms with Gasteiger partial charge in [0.2, 0.25) is 0 Å². The number of hydrogen-bond donors (Lipinski definition) is 5. The number of carboxylic acids is 1. The minimum atomic E-state index is -1.31. The predicted molar refractivity (Wildman–Crippen MR) is 126 cm³/mol. The number of carboxylic acid groups (broad SMARTS) is 1. The number of fused-ring (bicyclic) bond motifs is 1. The zero-order valence-corrected chi connectivity index (χ0v) is 20.2. The summed E-state index contributed by atoms with van der Waals surface area (Å²) in [5.41, 5.74) is 4.57. The van der Waals surface area contributed by atoms with Crippen molar-refractivity contribution < 1.29 is 29.8 Å². The summed E-state index contributed by atoms with van der Waals surface area (Å²) in [6.07, 6.45) is 1.20. The van der Waals surface area contributed by atoms with Gasteiger partial charge < -0.3 is 31.0 Å². The Morgan fingerprint density at radius 3 is 2.74 bits per heavy atom. The number of aromatic hydroxyl groups is 1. The van der Waals surface area contributed by atoms with Gasteiger partial charge in [0, 0.05) is 23.9 Å². The van der Waals surface area contributed by atoms with Crippen LogP contribution in [0.3, 0.4) is 0 Å². The van der Waals surface area contributed by atoms with Gasteiger partial charge in [-0.15, -0.1) is 23.1 Å². The van der Waals surface area contributed by atoms with Crippen molar-refractivity contribution in [2.45, 2.75) is 16.6 Å². The van der Waals surface area contributed by atoms with Crippen LogP contribution in [-0.2, 0) is 21.4 Å². The van der Waals surface area contributed by atoms with E-state index < -0.39 is 46.2 Å². The number of thioether (sulfide) groups is 2. The highest BCUT2D eigenvalue weighted by molar-refractivity contribution is 8.01. The highest BCUT2D eigenvalue weighted by Crippen LogP contribution is 2.41. The molecule has 0 spiro atoms. The van der Waals surface area contributed by atoms with Crippen molar-refractivity contribution >= 4 is 63.5 Å². The van der Waals surface area contributed by atoms with E-state index in [1.807, 2.05) is 0 Å². The molecule has 0 saturated carbocycles. The Kier molecular flexibility index (Phi) is 6.73. The van der Waals surface area contributed by atoms with Crippen LogP contribution in [0.15, 0.2) is 38.0 Å². The molecule has 35 heavy (non-hydrogen) atoms. The number of hydrogen-bond acceptors (Lipinski definition) is 13. The fraction of sp³-hybridized carbons (Fsp3) is 0.278. The third-order valence-electron chi connectivity index (χ3n) is 5.03. The Labute approximate surface area is 208 Å². The average Bonchev–Trinajstić information content (AvgIpc) is 3.24. The van der Waals surface area contributed by atoms with Crippen molar-refractivity contribution in [1.82, 2.24) is 24.8 Å². The molecule has 2 aliphatic heterocycles. The molecule has 4 heterocycles. The number of nitrogen functional groups attached to an aromatic ring is 1. The maximum atomic E-state index is 12.8. The van der Waals surface area contributed by atoms with Crippen LogP contribution >= 0.6 is 34.9 Å². The maximum Gasteiger partial charge on any atom is 0.352 e. The highest BCUT2D eigenvalue weighted by Gasteiger charge is 2.54. The van der Waals surface area contributed by atoms with E-state index in [0.29, 0.717) is 5.57 Å². The maximum absolute atomic E-state index is 12.8. The van der Waals surface area contributed by atoms with Crippen LogP contribution in [-0.4, -0.2) is 81.3 Å². The number of nitrogens with zero attached hydrogens (tertiary/aromatic N) is 5. The van der Waals surface area contributed by atoms with Gasteiger partial charge in [-0.2, -0.15) is 4.98 Å². The van der Waals surface area contributed by atoms with E-state index in [4.69, 9.17) is 5.73 Å². The van der Waals surface area contributed by atoms with E-state index in [0.717, 1.165) is 28.0 Å². The number of aliphatic carboxylic acids is 1. The van der Waals surface area contributed by atoms with Crippen LogP contribution in [0.25, 0.3) is 0 Å². The molecule has 4 rings (SSSR count). The lowest BCUT2D eigenvalue weighted by atomic mass is 10.0. The van der Waals surface area contributed by atoms with Crippen LogP contribution in [0.4, 0.5) is 5.13 Å². The fourth-order valence-electron chi connectivity index (χ4n) is 3.42. The summed E-state index contributed by atoms with van der Waals surface area (Å²) in [5, 5.41) is 35.1. The number of nitrogens with one attached hydrogen (secondary N) is 1. The van der Waals surface area contributed by atoms with E-state index in [-0.39, 0.29) is 33.2 Å². The van der Waals surface area contributed by atoms with Crippen LogP contribution in [0.1, 0.15) is 5.69 Å². The van der Waals surface area contributed by atoms with Gasteiger partial charge in [-0.25, -0.2) is 9.78 Å². The molecule has 1 fully saturated rings. The van der Waals surface area contributed by atoms with Gasteiger partial charge in [0.15, 0.2) is 21.7 Å². The van der Waals surface area contributed by atoms with Crippen LogP contribution in [0.5, 0.6) is 5.75 Å². The van der Waals surface area contributed by atoms with Gasteiger partial charge >= 0.3 is 11.5 Å². The van der Waals surface area contributed by atoms with Gasteiger partial charge in [-0.1, -0.05) is 16.9 Å². The molecule has 14 nitrogen and oxygen atoms in total. The number of carbonyl (C=O) groups excluding carboxylic acids is 2. The van der Waals surface area contributed by atoms with Crippen molar-refractivity contribution in [2.75, 3.05) is 17.2 Å². The normalized spacial score (nSPS) is 19.9. The van der Waals surface area contributed by atoms with Gasteiger partial charge in [0.05, 0.1) is 6.20 Å². The fourth-order valence-corrected chi connectivity index (χ4v) is 6.38. The third-order valence-corrected chi connectivity index (χ3v) is 8.17. The average molecular weight is 540 g/mol. The number of aromatic nitrogens is 3. The molecule has 0 unspecified atom stereocenters. The largest absolute Gasteiger partial charge is 0.502 e. The van der Waals surface area contributed by atoms with Crippen LogP contribution < -0.4 is 16.6 Å². The number of oxime groups is 1. The smallest absolute Gasteiger partial charge is 0.352 e. The molecule has 1 saturated heterocycles. The lowest BCUT2D eigenvalue weighted by molar-refractivity contribution is -0.150. The zero-order valence-electron chi connectivity index (χ0n) is 17.7. The lowest BCUT2D eigenvalue weighted by Gasteiger charge is -2.49. The molecule has 2 amide bonds. The number of amides is 2. The Hall–Kier alpha value is -3.57. The van der Waals surface area contributed by atoms with Gasteiger partial charge in [0.1, 0.15) is 22.8 Å². The van der Waals surface area contributed by atoms with Crippen molar-refractivity contribution in [3.8, 4) is 5.75 Å². The standard InChI is InChI=1S/C18H17N7O7S3/c1-24-2-8(26)12(27)22-18(24)35-4-6-3-33-15-10(14(29)25(15)11(6)16(30)31)21-13(28)9(23-32)7-5-34-17(19)20-7/h2,5,10,15,26,32H,3-4H2,1H3,(H2,19,20)(H,21,28)(H,30,31)/b23-9-/t10-,15-/m1/s1. The second kappa shape index (κ2) is 9.59. The second-order valence-corrected chi connectivity index (χ2v) is 10.2. The topological polar surface area (TPSA) is 213 Å². The lowest BCUT2D eigenvalue weighted by Crippen LogP contribution is -2.71. The molecule has 6 N–H and O–H groups in total. The molecule has 2 aliphatic rings. The van der Waals surface area contributed by atoms with E-state index in [9.17, 15) is 34.6 Å². The third kappa shape index (κ3) is 4.56. The summed E-state index contributed by atoms with van der Waals surface area (Å²) < 4.78 is 1.43. The predicted octanol–water partition coefficient (Wildman–Crippen LogP) is -0.766. The number of thiazole rings is 1. The van der Waals surface area contributed by atoms with E-state index >= 15 is 0 Å². The Balaban J connectivity index is 1.50. The number of nitrogens with two attached hydrogens (primary N) is 1. The monoisotopic (exact) mass is 539 g/mol. The quantitative estimate of drug-likeness (QED) is 0.0733.